The van der Waals surface area contributed by atoms with Gasteiger partial charge in [-0.15, -0.1) is 0 Å². The standard InChI is InChI=1S/C18H26N2O3/c1-12-8-16(21)10-18(23)20(12)11-17(22)19-15-7-6-13-4-2-3-5-14(13)9-15/h8,10,13-15,21H,2-7,9,11H2,1H3,(H,19,22). The third kappa shape index (κ3) is 3.77. The molecule has 1 aromatic heterocycles. The molecule has 0 aromatic carbocycles. The highest BCUT2D eigenvalue weighted by atomic mass is 16.3. The number of carbonyl (C=O) groups excluding carboxylic acids is 1. The number of rotatable bonds is 3. The highest BCUT2D eigenvalue weighted by Crippen LogP contribution is 2.40. The number of pyridine rings is 1. The van der Waals surface area contributed by atoms with Crippen LogP contribution in [0, 0.1) is 18.8 Å². The molecule has 1 amide bonds. The van der Waals surface area contributed by atoms with Gasteiger partial charge in [0.05, 0.1) is 0 Å². The Morgan fingerprint density at radius 3 is 2.70 bits per heavy atom. The number of aromatic hydroxyl groups is 1. The summed E-state index contributed by atoms with van der Waals surface area (Å²) in [6, 6.07) is 2.89. The fraction of sp³-hybridized carbons (Fsp3) is 0.667. The summed E-state index contributed by atoms with van der Waals surface area (Å²) in [5.41, 5.74) is 0.259. The van der Waals surface area contributed by atoms with Crippen LogP contribution in [0.1, 0.15) is 50.6 Å². The third-order valence-corrected chi connectivity index (χ3v) is 5.53. The van der Waals surface area contributed by atoms with Gasteiger partial charge in [0.25, 0.3) is 5.56 Å². The summed E-state index contributed by atoms with van der Waals surface area (Å²) in [5.74, 6) is 1.46. The van der Waals surface area contributed by atoms with Crippen molar-refractivity contribution in [1.29, 1.82) is 0 Å². The first-order valence-electron chi connectivity index (χ1n) is 8.73. The van der Waals surface area contributed by atoms with E-state index in [0.29, 0.717) is 5.69 Å². The smallest absolute Gasteiger partial charge is 0.254 e. The summed E-state index contributed by atoms with van der Waals surface area (Å²) in [4.78, 5) is 24.2. The van der Waals surface area contributed by atoms with Crippen LogP contribution in [0.25, 0.3) is 0 Å². The average molecular weight is 318 g/mol. The SMILES string of the molecule is Cc1cc(O)cc(=O)n1CC(=O)NC1CCC2CCCCC2C1. The van der Waals surface area contributed by atoms with E-state index in [1.54, 1.807) is 6.92 Å². The Balaban J connectivity index is 1.59. The number of aryl methyl sites for hydroxylation is 1. The van der Waals surface area contributed by atoms with Crippen molar-refractivity contribution < 1.29 is 9.90 Å². The van der Waals surface area contributed by atoms with E-state index >= 15 is 0 Å². The minimum Gasteiger partial charge on any atom is -0.508 e. The van der Waals surface area contributed by atoms with Gasteiger partial charge in [0.2, 0.25) is 5.91 Å². The van der Waals surface area contributed by atoms with Crippen LogP contribution in [0.3, 0.4) is 0 Å². The Bertz CT molecular complexity index is 638. The number of aromatic nitrogens is 1. The van der Waals surface area contributed by atoms with Crippen molar-refractivity contribution in [2.45, 2.75) is 64.5 Å². The van der Waals surface area contributed by atoms with E-state index in [2.05, 4.69) is 5.32 Å². The number of amides is 1. The number of nitrogens with one attached hydrogen (secondary N) is 1. The highest BCUT2D eigenvalue weighted by molar-refractivity contribution is 5.76. The molecule has 126 valence electrons. The predicted molar refractivity (Wildman–Crippen MR) is 88.3 cm³/mol. The zero-order valence-corrected chi connectivity index (χ0v) is 13.8. The topological polar surface area (TPSA) is 71.3 Å². The zero-order valence-electron chi connectivity index (χ0n) is 13.8. The number of carbonyl (C=O) groups is 1. The number of nitrogens with zero attached hydrogens (tertiary/aromatic N) is 1. The quantitative estimate of drug-likeness (QED) is 0.898. The fourth-order valence-corrected chi connectivity index (χ4v) is 4.34. The maximum absolute atomic E-state index is 12.3. The van der Waals surface area contributed by atoms with Gasteiger partial charge in [0.1, 0.15) is 12.3 Å². The van der Waals surface area contributed by atoms with Crippen molar-refractivity contribution in [2.75, 3.05) is 0 Å². The summed E-state index contributed by atoms with van der Waals surface area (Å²) in [6.45, 7) is 1.75. The normalized spacial score (nSPS) is 27.3. The Morgan fingerprint density at radius 2 is 1.96 bits per heavy atom. The summed E-state index contributed by atoms with van der Waals surface area (Å²) in [5, 5.41) is 12.5. The lowest BCUT2D eigenvalue weighted by molar-refractivity contribution is -0.122. The summed E-state index contributed by atoms with van der Waals surface area (Å²) in [7, 11) is 0. The van der Waals surface area contributed by atoms with Gasteiger partial charge in [-0.05, 0) is 44.1 Å². The number of hydrogen-bond acceptors (Lipinski definition) is 3. The maximum atomic E-state index is 12.3. The van der Waals surface area contributed by atoms with Crippen LogP contribution in [0.15, 0.2) is 16.9 Å². The van der Waals surface area contributed by atoms with E-state index in [4.69, 9.17) is 0 Å². The summed E-state index contributed by atoms with van der Waals surface area (Å²) >= 11 is 0. The van der Waals surface area contributed by atoms with Crippen molar-refractivity contribution in [3.63, 3.8) is 0 Å². The largest absolute Gasteiger partial charge is 0.508 e. The van der Waals surface area contributed by atoms with Crippen LogP contribution in [0.2, 0.25) is 0 Å². The second-order valence-electron chi connectivity index (χ2n) is 7.16. The van der Waals surface area contributed by atoms with Crippen molar-refractivity contribution in [3.8, 4) is 5.75 Å². The molecule has 5 nitrogen and oxygen atoms in total. The lowest BCUT2D eigenvalue weighted by atomic mass is 9.69. The second kappa shape index (κ2) is 6.77. The van der Waals surface area contributed by atoms with E-state index in [0.717, 1.165) is 30.7 Å². The Labute approximate surface area is 136 Å². The first-order valence-corrected chi connectivity index (χ1v) is 8.73. The molecule has 2 saturated carbocycles. The molecule has 3 atom stereocenters. The van der Waals surface area contributed by atoms with Gasteiger partial charge in [0, 0.05) is 17.8 Å². The second-order valence-corrected chi connectivity index (χ2v) is 7.16. The molecule has 2 aliphatic carbocycles. The van der Waals surface area contributed by atoms with Crippen LogP contribution in [0.4, 0.5) is 0 Å². The van der Waals surface area contributed by atoms with Crippen molar-refractivity contribution >= 4 is 5.91 Å². The van der Waals surface area contributed by atoms with E-state index < -0.39 is 0 Å². The van der Waals surface area contributed by atoms with Gasteiger partial charge in [-0.2, -0.15) is 0 Å². The van der Waals surface area contributed by atoms with Crippen LogP contribution in [-0.2, 0) is 11.3 Å². The van der Waals surface area contributed by atoms with Gasteiger partial charge in [0.15, 0.2) is 0 Å². The van der Waals surface area contributed by atoms with E-state index in [1.165, 1.54) is 42.7 Å². The minimum atomic E-state index is -0.339. The monoisotopic (exact) mass is 318 g/mol. The number of fused-ring (bicyclic) bond motifs is 1. The predicted octanol–water partition coefficient (Wildman–Crippen LogP) is 2.34. The average Bonchev–Trinajstić information content (AvgIpc) is 2.51. The van der Waals surface area contributed by atoms with E-state index in [1.807, 2.05) is 0 Å². The number of hydrogen-bond donors (Lipinski definition) is 2. The molecule has 3 rings (SSSR count). The summed E-state index contributed by atoms with van der Waals surface area (Å²) < 4.78 is 1.40. The van der Waals surface area contributed by atoms with Crippen LogP contribution in [0.5, 0.6) is 5.75 Å². The van der Waals surface area contributed by atoms with E-state index in [9.17, 15) is 14.7 Å². The molecule has 1 aromatic rings. The van der Waals surface area contributed by atoms with Crippen molar-refractivity contribution in [2.24, 2.45) is 11.8 Å². The van der Waals surface area contributed by atoms with Crippen molar-refractivity contribution in [3.05, 3.63) is 28.2 Å². The zero-order chi connectivity index (χ0) is 16.4. The molecule has 0 radical (unpaired) electrons. The Kier molecular flexibility index (Phi) is 4.74. The van der Waals surface area contributed by atoms with Crippen LogP contribution < -0.4 is 10.9 Å². The van der Waals surface area contributed by atoms with Crippen molar-refractivity contribution in [1.82, 2.24) is 9.88 Å². The molecular weight excluding hydrogens is 292 g/mol. The van der Waals surface area contributed by atoms with Crippen LogP contribution in [-0.4, -0.2) is 21.6 Å². The van der Waals surface area contributed by atoms with Gasteiger partial charge in [-0.3, -0.25) is 9.59 Å². The molecule has 2 aliphatic rings. The molecule has 2 N–H and O–H groups in total. The van der Waals surface area contributed by atoms with Gasteiger partial charge >= 0.3 is 0 Å². The molecule has 0 spiro atoms. The Hall–Kier alpha value is -1.78. The molecule has 23 heavy (non-hydrogen) atoms. The maximum Gasteiger partial charge on any atom is 0.254 e. The Morgan fingerprint density at radius 1 is 1.22 bits per heavy atom. The first kappa shape index (κ1) is 16.1. The molecule has 5 heteroatoms. The van der Waals surface area contributed by atoms with E-state index in [-0.39, 0.29) is 29.8 Å². The molecule has 0 bridgehead atoms. The highest BCUT2D eigenvalue weighted by Gasteiger charge is 2.32. The molecule has 3 unspecified atom stereocenters. The van der Waals surface area contributed by atoms with Crippen LogP contribution >= 0.6 is 0 Å². The fourth-order valence-electron chi connectivity index (χ4n) is 4.34. The molecule has 1 heterocycles. The van der Waals surface area contributed by atoms with Gasteiger partial charge in [-0.1, -0.05) is 25.7 Å². The molecule has 2 fully saturated rings. The third-order valence-electron chi connectivity index (χ3n) is 5.53. The summed E-state index contributed by atoms with van der Waals surface area (Å²) in [6.07, 6.45) is 8.69. The lowest BCUT2D eigenvalue weighted by Crippen LogP contribution is -2.43. The first-order chi connectivity index (χ1) is 11.0. The van der Waals surface area contributed by atoms with Gasteiger partial charge < -0.3 is 15.0 Å². The molecule has 0 aliphatic heterocycles. The lowest BCUT2D eigenvalue weighted by Gasteiger charge is -2.39. The molecular formula is C18H26N2O3. The van der Waals surface area contributed by atoms with Gasteiger partial charge in [-0.25, -0.2) is 0 Å². The minimum absolute atomic E-state index is 0.0234. The molecule has 0 saturated heterocycles.